The fourth-order valence-corrected chi connectivity index (χ4v) is 0.396. The van der Waals surface area contributed by atoms with Crippen LogP contribution < -0.4 is 0 Å². The number of aliphatic carboxylic acids is 1. The molecule has 0 atom stereocenters. The van der Waals surface area contributed by atoms with Crippen molar-refractivity contribution in [1.82, 2.24) is 0 Å². The quantitative estimate of drug-likeness (QED) is 0.425. The molecule has 0 aromatic rings. The first-order valence-electron chi connectivity index (χ1n) is 1.63. The molecule has 0 aromatic heterocycles. The normalized spacial score (nSPS) is 9.57. The molecule has 0 bridgehead atoms. The summed E-state index contributed by atoms with van der Waals surface area (Å²) in [4.78, 5) is 9.36. The first kappa shape index (κ1) is 6.55. The summed E-state index contributed by atoms with van der Waals surface area (Å²) >= 11 is 0. The number of rotatable bonds is 2. The van der Waals surface area contributed by atoms with Crippen molar-refractivity contribution in [3.63, 3.8) is 0 Å². The average Bonchev–Trinajstić information content (AvgIpc) is 1.27. The molecular formula is C2H4F2O2Si. The van der Waals surface area contributed by atoms with E-state index in [1.807, 2.05) is 0 Å². The molecule has 0 saturated heterocycles. The summed E-state index contributed by atoms with van der Waals surface area (Å²) in [5.74, 6) is -1.40. The first-order valence-corrected chi connectivity index (χ1v) is 3.32. The highest BCUT2D eigenvalue weighted by Gasteiger charge is 2.11. The van der Waals surface area contributed by atoms with Gasteiger partial charge in [-0.05, 0) is 0 Å². The molecule has 0 aliphatic rings. The molecule has 0 radical (unpaired) electrons. The Labute approximate surface area is 40.7 Å². The molecule has 0 fully saturated rings. The molecule has 0 unspecified atom stereocenters. The van der Waals surface area contributed by atoms with E-state index >= 15 is 0 Å². The smallest absolute Gasteiger partial charge is 0.422 e. The number of carbonyl (C=O) groups is 1. The SMILES string of the molecule is O=C(O)C[SiH](F)F. The fraction of sp³-hybridized carbons (Fsp3) is 0.500. The van der Waals surface area contributed by atoms with Gasteiger partial charge in [-0.2, -0.15) is 0 Å². The van der Waals surface area contributed by atoms with E-state index in [0.717, 1.165) is 0 Å². The molecule has 0 aromatic carbocycles. The van der Waals surface area contributed by atoms with Crippen LogP contribution >= 0.6 is 0 Å². The largest absolute Gasteiger partial charge is 0.481 e. The summed E-state index contributed by atoms with van der Waals surface area (Å²) < 4.78 is 22.1. The van der Waals surface area contributed by atoms with Crippen LogP contribution in [0.1, 0.15) is 0 Å². The van der Waals surface area contributed by atoms with Gasteiger partial charge in [-0.3, -0.25) is 13.0 Å². The topological polar surface area (TPSA) is 37.3 Å². The Morgan fingerprint density at radius 1 is 1.71 bits per heavy atom. The molecule has 2 nitrogen and oxygen atoms in total. The van der Waals surface area contributed by atoms with Gasteiger partial charge in [0.2, 0.25) is 0 Å². The second kappa shape index (κ2) is 2.68. The van der Waals surface area contributed by atoms with E-state index in [9.17, 15) is 13.0 Å². The predicted molar refractivity (Wildman–Crippen MR) is 21.8 cm³/mol. The second-order valence-corrected chi connectivity index (χ2v) is 2.18. The van der Waals surface area contributed by atoms with Gasteiger partial charge >= 0.3 is 15.4 Å². The lowest BCUT2D eigenvalue weighted by atomic mass is 10.8. The second-order valence-electron chi connectivity index (χ2n) is 0.989. The van der Waals surface area contributed by atoms with Crippen molar-refractivity contribution in [2.75, 3.05) is 0 Å². The Morgan fingerprint density at radius 3 is 2.14 bits per heavy atom. The number of carboxylic acid groups (broad SMARTS) is 1. The molecule has 5 heteroatoms. The Bertz CT molecular complexity index is 74.1. The van der Waals surface area contributed by atoms with Crippen molar-refractivity contribution in [3.8, 4) is 0 Å². The number of hydrogen-bond donors (Lipinski definition) is 1. The van der Waals surface area contributed by atoms with Gasteiger partial charge in [0.1, 0.15) is 0 Å². The lowest BCUT2D eigenvalue weighted by Crippen LogP contribution is -2.04. The Hall–Kier alpha value is -0.453. The molecule has 0 aliphatic carbocycles. The number of hydrogen-bond acceptors (Lipinski definition) is 1. The fourth-order valence-electron chi connectivity index (χ4n) is 0.132. The van der Waals surface area contributed by atoms with Gasteiger partial charge < -0.3 is 5.11 Å². The standard InChI is InChI=1S/C2H4F2O2Si/c3-7(4)1-2(5)6/h7H,1H2,(H,5,6). The minimum absolute atomic E-state index is 0.917. The zero-order chi connectivity index (χ0) is 5.86. The van der Waals surface area contributed by atoms with Gasteiger partial charge in [-0.15, -0.1) is 0 Å². The first-order chi connectivity index (χ1) is 3.13. The average molecular weight is 126 g/mol. The minimum Gasteiger partial charge on any atom is -0.481 e. The van der Waals surface area contributed by atoms with E-state index in [0.29, 0.717) is 0 Å². The third kappa shape index (κ3) is 5.55. The molecule has 0 amide bonds. The van der Waals surface area contributed by atoms with Crippen LogP contribution in [0.5, 0.6) is 0 Å². The van der Waals surface area contributed by atoms with E-state index in [-0.39, 0.29) is 0 Å². The molecule has 0 aliphatic heterocycles. The molecule has 7 heavy (non-hydrogen) atoms. The van der Waals surface area contributed by atoms with Crippen molar-refractivity contribution in [3.05, 3.63) is 0 Å². The van der Waals surface area contributed by atoms with Crippen molar-refractivity contribution >= 4 is 15.4 Å². The van der Waals surface area contributed by atoms with E-state index in [1.165, 1.54) is 0 Å². The monoisotopic (exact) mass is 126 g/mol. The molecule has 0 heterocycles. The Kier molecular flexibility index (Phi) is 2.50. The van der Waals surface area contributed by atoms with Gasteiger partial charge in [-0.25, -0.2) is 0 Å². The summed E-state index contributed by atoms with van der Waals surface area (Å²) in [6.45, 7) is 0. The van der Waals surface area contributed by atoms with Crippen molar-refractivity contribution in [1.29, 1.82) is 0 Å². The summed E-state index contributed by atoms with van der Waals surface area (Å²) in [5, 5.41) is 7.64. The van der Waals surface area contributed by atoms with Gasteiger partial charge in [0, 0.05) is 0 Å². The van der Waals surface area contributed by atoms with Crippen LogP contribution in [0.4, 0.5) is 8.22 Å². The molecule has 0 rings (SSSR count). The predicted octanol–water partition coefficient (Wildman–Crippen LogP) is 0.231. The highest BCUT2D eigenvalue weighted by Crippen LogP contribution is 1.92. The van der Waals surface area contributed by atoms with E-state index < -0.39 is 21.5 Å². The molecule has 42 valence electrons. The summed E-state index contributed by atoms with van der Waals surface area (Å²) in [6.07, 6.45) is 0. The minimum atomic E-state index is -3.83. The van der Waals surface area contributed by atoms with E-state index in [2.05, 4.69) is 0 Å². The van der Waals surface area contributed by atoms with Crippen LogP contribution in [-0.4, -0.2) is 20.5 Å². The van der Waals surface area contributed by atoms with Crippen LogP contribution in [0.15, 0.2) is 0 Å². The highest BCUT2D eigenvalue weighted by molar-refractivity contribution is 6.47. The molecule has 1 N–H and O–H groups in total. The third-order valence-electron chi connectivity index (χ3n) is 0.329. The van der Waals surface area contributed by atoms with Crippen LogP contribution in [0.2, 0.25) is 6.04 Å². The lowest BCUT2D eigenvalue weighted by Gasteiger charge is -1.84. The van der Waals surface area contributed by atoms with Gasteiger partial charge in [-0.1, -0.05) is 0 Å². The zero-order valence-corrected chi connectivity index (χ0v) is 4.55. The maximum Gasteiger partial charge on any atom is 0.422 e. The van der Waals surface area contributed by atoms with Crippen LogP contribution in [0, 0.1) is 0 Å². The third-order valence-corrected chi connectivity index (χ3v) is 0.987. The Balaban J connectivity index is 3.13. The van der Waals surface area contributed by atoms with E-state index in [4.69, 9.17) is 5.11 Å². The summed E-state index contributed by atoms with van der Waals surface area (Å²) in [7, 11) is -3.83. The molecule has 0 saturated carbocycles. The van der Waals surface area contributed by atoms with Gasteiger partial charge in [0.05, 0.1) is 6.04 Å². The number of halogens is 2. The van der Waals surface area contributed by atoms with Gasteiger partial charge in [0.15, 0.2) is 0 Å². The lowest BCUT2D eigenvalue weighted by molar-refractivity contribution is -0.134. The van der Waals surface area contributed by atoms with Crippen molar-refractivity contribution < 1.29 is 18.1 Å². The zero-order valence-electron chi connectivity index (χ0n) is 3.40. The summed E-state index contributed by atoms with van der Waals surface area (Å²) in [6, 6.07) is -0.917. The van der Waals surface area contributed by atoms with Crippen molar-refractivity contribution in [2.45, 2.75) is 6.04 Å². The molecule has 0 spiro atoms. The van der Waals surface area contributed by atoms with Crippen LogP contribution in [0.25, 0.3) is 0 Å². The van der Waals surface area contributed by atoms with E-state index in [1.54, 1.807) is 0 Å². The highest BCUT2D eigenvalue weighted by atomic mass is 28.4. The Morgan fingerprint density at radius 2 is 2.14 bits per heavy atom. The molecular weight excluding hydrogens is 122 g/mol. The maximum atomic E-state index is 11.0. The van der Waals surface area contributed by atoms with Crippen LogP contribution in [-0.2, 0) is 4.79 Å². The number of carboxylic acids is 1. The summed E-state index contributed by atoms with van der Waals surface area (Å²) in [5.41, 5.74) is 0. The maximum absolute atomic E-state index is 11.0. The van der Waals surface area contributed by atoms with Gasteiger partial charge in [0.25, 0.3) is 0 Å². The van der Waals surface area contributed by atoms with Crippen molar-refractivity contribution in [2.24, 2.45) is 0 Å². The van der Waals surface area contributed by atoms with Crippen LogP contribution in [0.3, 0.4) is 0 Å².